The summed E-state index contributed by atoms with van der Waals surface area (Å²) in [5.74, 6) is -1.78. The van der Waals surface area contributed by atoms with Gasteiger partial charge in [-0.3, -0.25) is 60.0 Å². The number of fused-ring (bicyclic) bond motifs is 1. The number of piperidine rings is 3. The highest BCUT2D eigenvalue weighted by atomic mass is 16.2. The van der Waals surface area contributed by atoms with Gasteiger partial charge in [-0.1, -0.05) is 0 Å². The van der Waals surface area contributed by atoms with E-state index in [0.717, 1.165) is 108 Å². The summed E-state index contributed by atoms with van der Waals surface area (Å²) in [6.45, 7) is 10.2. The maximum atomic E-state index is 13.3. The summed E-state index contributed by atoms with van der Waals surface area (Å²) in [6, 6.07) is 4.71. The van der Waals surface area contributed by atoms with E-state index in [-0.39, 0.29) is 55.1 Å². The molecule has 8 aliphatic rings. The van der Waals surface area contributed by atoms with Crippen molar-refractivity contribution in [3.63, 3.8) is 0 Å². The van der Waals surface area contributed by atoms with E-state index in [1.165, 1.54) is 0 Å². The molecule has 7 saturated heterocycles. The monoisotopic (exact) mass is 803 g/mol. The van der Waals surface area contributed by atoms with Gasteiger partial charge in [0.2, 0.25) is 17.7 Å². The zero-order chi connectivity index (χ0) is 40.2. The van der Waals surface area contributed by atoms with Crippen molar-refractivity contribution in [2.24, 2.45) is 11.7 Å². The second-order valence-corrected chi connectivity index (χ2v) is 17.5. The number of hydrogen-bond acceptors (Lipinski definition) is 14. The van der Waals surface area contributed by atoms with Crippen LogP contribution in [0.4, 0.5) is 10.5 Å². The van der Waals surface area contributed by atoms with Crippen LogP contribution in [0, 0.1) is 5.92 Å². The Morgan fingerprint density at radius 3 is 2.41 bits per heavy atom. The van der Waals surface area contributed by atoms with Crippen LogP contribution in [0.15, 0.2) is 18.2 Å². The standard InChI is InChI=1S/C39H57N13O6/c1-46-13-14-50(39(46)58)26-3-2-10-49(22-26)31-17-41-33(34(40)54)35(44-31)43-24-16-42-51(19-24)27-20-47(21-27)18-23-8-11-48(12-9-23)25-4-5-28-29(15-25)38(57)52(37(28)56)30-6-7-32(53)45-36(30)55/h4-5,15,23-24,26-27,30-31,33,35,41-44H,2-3,6-14,16-22H2,1H3,(H2,40,54)(H,45,53,55)/t24?,26-,30-,31?,33?,35?/m1/s1. The van der Waals surface area contributed by atoms with Gasteiger partial charge >= 0.3 is 6.03 Å². The molecule has 7 amide bonds. The first-order valence-electron chi connectivity index (χ1n) is 21.1. The predicted molar refractivity (Wildman–Crippen MR) is 211 cm³/mol. The number of likely N-dealkylation sites (N-methyl/N-ethyl adjacent to an activating group) is 1. The van der Waals surface area contributed by atoms with E-state index >= 15 is 0 Å². The molecule has 7 N–H and O–H groups in total. The number of carbonyl (C=O) groups excluding carboxylic acids is 6. The van der Waals surface area contributed by atoms with Gasteiger partial charge in [0.15, 0.2) is 0 Å². The van der Waals surface area contributed by atoms with Crippen molar-refractivity contribution in [1.29, 1.82) is 0 Å². The van der Waals surface area contributed by atoms with Crippen LogP contribution in [0.1, 0.15) is 59.2 Å². The fourth-order valence-corrected chi connectivity index (χ4v) is 10.4. The maximum Gasteiger partial charge on any atom is 0.320 e. The first kappa shape index (κ1) is 39.2. The van der Waals surface area contributed by atoms with Gasteiger partial charge in [-0.05, 0) is 62.8 Å². The second kappa shape index (κ2) is 16.1. The smallest absolute Gasteiger partial charge is 0.320 e. The predicted octanol–water partition coefficient (Wildman–Crippen LogP) is -2.70. The molecule has 9 rings (SSSR count). The van der Waals surface area contributed by atoms with Crippen molar-refractivity contribution in [3.05, 3.63) is 29.3 Å². The minimum absolute atomic E-state index is 0.0185. The Bertz CT molecular complexity index is 1820. The Morgan fingerprint density at radius 1 is 0.879 bits per heavy atom. The minimum atomic E-state index is -0.970. The lowest BCUT2D eigenvalue weighted by atomic mass is 9.93. The normalized spacial score (nSPS) is 32.3. The van der Waals surface area contributed by atoms with Gasteiger partial charge in [-0.2, -0.15) is 0 Å². The molecule has 0 aliphatic carbocycles. The summed E-state index contributed by atoms with van der Waals surface area (Å²) >= 11 is 0. The van der Waals surface area contributed by atoms with Crippen LogP contribution in [0.25, 0.3) is 0 Å². The van der Waals surface area contributed by atoms with Gasteiger partial charge in [-0.15, -0.1) is 0 Å². The quantitative estimate of drug-likeness (QED) is 0.133. The van der Waals surface area contributed by atoms with Crippen LogP contribution >= 0.6 is 0 Å². The molecule has 7 fully saturated rings. The van der Waals surface area contributed by atoms with Crippen molar-refractivity contribution < 1.29 is 28.8 Å². The molecule has 314 valence electrons. The van der Waals surface area contributed by atoms with Crippen molar-refractivity contribution in [2.45, 2.75) is 81.1 Å². The fourth-order valence-electron chi connectivity index (χ4n) is 10.4. The molecule has 19 nitrogen and oxygen atoms in total. The van der Waals surface area contributed by atoms with Gasteiger partial charge in [0.05, 0.1) is 23.5 Å². The molecular formula is C39H57N13O6. The average Bonchev–Trinajstić information content (AvgIpc) is 3.87. The summed E-state index contributed by atoms with van der Waals surface area (Å²) in [7, 11) is 1.86. The molecule has 0 bridgehead atoms. The zero-order valence-corrected chi connectivity index (χ0v) is 33.2. The molecule has 8 heterocycles. The number of hydrogen-bond donors (Lipinski definition) is 6. The lowest BCUT2D eigenvalue weighted by Gasteiger charge is -2.47. The van der Waals surface area contributed by atoms with Crippen LogP contribution in [0.3, 0.4) is 0 Å². The van der Waals surface area contributed by atoms with Crippen LogP contribution in [-0.2, 0) is 14.4 Å². The number of primary amides is 1. The molecule has 0 radical (unpaired) electrons. The number of amides is 7. The summed E-state index contributed by atoms with van der Waals surface area (Å²) in [6.07, 6.45) is 4.01. The fraction of sp³-hybridized carbons (Fsp3) is 0.692. The van der Waals surface area contributed by atoms with Crippen LogP contribution in [0.2, 0.25) is 0 Å². The van der Waals surface area contributed by atoms with Crippen molar-refractivity contribution in [1.82, 2.24) is 56.2 Å². The van der Waals surface area contributed by atoms with E-state index in [1.54, 1.807) is 17.0 Å². The summed E-state index contributed by atoms with van der Waals surface area (Å²) < 4.78 is 0. The van der Waals surface area contributed by atoms with Crippen molar-refractivity contribution >= 4 is 41.3 Å². The number of likely N-dealkylation sites (tertiary alicyclic amines) is 2. The Hall–Kier alpha value is -4.24. The highest BCUT2D eigenvalue weighted by molar-refractivity contribution is 6.23. The number of benzene rings is 1. The summed E-state index contributed by atoms with van der Waals surface area (Å²) in [4.78, 5) is 87.8. The number of hydrazine groups is 1. The Labute approximate surface area is 338 Å². The average molecular weight is 804 g/mol. The summed E-state index contributed by atoms with van der Waals surface area (Å²) in [5, 5.41) is 15.4. The first-order valence-corrected chi connectivity index (χ1v) is 21.1. The van der Waals surface area contributed by atoms with Crippen LogP contribution < -0.4 is 37.3 Å². The van der Waals surface area contributed by atoms with E-state index < -0.39 is 29.8 Å². The third-order valence-corrected chi connectivity index (χ3v) is 13.8. The third-order valence-electron chi connectivity index (χ3n) is 13.8. The van der Waals surface area contributed by atoms with Gasteiger partial charge in [0.25, 0.3) is 11.8 Å². The van der Waals surface area contributed by atoms with Gasteiger partial charge in [-0.25, -0.2) is 9.80 Å². The number of nitrogens with zero attached hydrogens (tertiary/aromatic N) is 7. The van der Waals surface area contributed by atoms with Gasteiger partial charge < -0.3 is 25.8 Å². The molecule has 4 unspecified atom stereocenters. The second-order valence-electron chi connectivity index (χ2n) is 17.5. The Balaban J connectivity index is 0.717. The molecule has 0 spiro atoms. The number of rotatable bonds is 10. The van der Waals surface area contributed by atoms with Gasteiger partial charge in [0, 0.05) is 109 Å². The van der Waals surface area contributed by atoms with E-state index in [4.69, 9.17) is 5.73 Å². The molecular weight excluding hydrogens is 747 g/mol. The molecule has 19 heteroatoms. The lowest BCUT2D eigenvalue weighted by molar-refractivity contribution is -0.136. The number of urea groups is 1. The molecule has 0 aromatic heterocycles. The molecule has 8 aliphatic heterocycles. The first-order chi connectivity index (χ1) is 28.0. The molecule has 6 atom stereocenters. The zero-order valence-electron chi connectivity index (χ0n) is 33.2. The van der Waals surface area contributed by atoms with E-state index in [9.17, 15) is 28.8 Å². The molecule has 58 heavy (non-hydrogen) atoms. The Kier molecular flexibility index (Phi) is 10.9. The van der Waals surface area contributed by atoms with Crippen LogP contribution in [0.5, 0.6) is 0 Å². The number of piperazine rings is 1. The van der Waals surface area contributed by atoms with Crippen molar-refractivity contribution in [2.75, 3.05) is 90.5 Å². The topological polar surface area (TPSA) is 211 Å². The van der Waals surface area contributed by atoms with Crippen LogP contribution in [-0.4, -0.2) is 193 Å². The molecule has 1 aromatic carbocycles. The van der Waals surface area contributed by atoms with Crippen molar-refractivity contribution in [3.8, 4) is 0 Å². The highest BCUT2D eigenvalue weighted by Crippen LogP contribution is 2.33. The lowest BCUT2D eigenvalue weighted by Crippen LogP contribution is -2.74. The maximum absolute atomic E-state index is 13.3. The number of carbonyl (C=O) groups is 6. The van der Waals surface area contributed by atoms with E-state index in [2.05, 4.69) is 46.4 Å². The number of nitrogens with two attached hydrogens (primary N) is 1. The highest BCUT2D eigenvalue weighted by Gasteiger charge is 2.46. The Morgan fingerprint density at radius 2 is 1.67 bits per heavy atom. The number of anilines is 1. The largest absolute Gasteiger partial charge is 0.371 e. The third kappa shape index (κ3) is 7.57. The minimum Gasteiger partial charge on any atom is -0.371 e. The summed E-state index contributed by atoms with van der Waals surface area (Å²) in [5.41, 5.74) is 11.0. The van der Waals surface area contributed by atoms with Gasteiger partial charge in [0.1, 0.15) is 12.1 Å². The molecule has 1 aromatic rings. The van der Waals surface area contributed by atoms with E-state index in [1.807, 2.05) is 18.0 Å². The molecule has 0 saturated carbocycles. The van der Waals surface area contributed by atoms with E-state index in [0.29, 0.717) is 29.6 Å². The SMILES string of the molecule is CN1CCN([C@@H]2CCCN(C3CNC(C(N)=O)C(NC4CNN(C5CN(CC6CCN(c7ccc8c(c7)C(=O)N([C@@H]7CCC(=O)NC7=O)C8=O)CC6)C5)C4)N3)C2)C1=O. The number of imide groups is 2. The number of nitrogens with one attached hydrogen (secondary N) is 5.